The Morgan fingerprint density at radius 3 is 2.82 bits per heavy atom. The molecular formula is C15H22ClFIN3O. The zero-order valence-electron chi connectivity index (χ0n) is 12.8. The van der Waals surface area contributed by atoms with Gasteiger partial charge in [0.1, 0.15) is 5.82 Å². The first kappa shape index (κ1) is 19.4. The number of aliphatic imine (C=N–C) groups is 1. The highest BCUT2D eigenvalue weighted by Crippen LogP contribution is 2.23. The van der Waals surface area contributed by atoms with Crippen LogP contribution in [0.15, 0.2) is 23.2 Å². The number of nitrogens with one attached hydrogen (secondary N) is 2. The van der Waals surface area contributed by atoms with Crippen LogP contribution in [0, 0.1) is 5.82 Å². The Balaban J connectivity index is 0.00000242. The molecule has 1 aliphatic rings. The van der Waals surface area contributed by atoms with E-state index in [4.69, 9.17) is 16.3 Å². The fraction of sp³-hybridized carbons (Fsp3) is 0.533. The third kappa shape index (κ3) is 5.55. The molecule has 0 aliphatic carbocycles. The summed E-state index contributed by atoms with van der Waals surface area (Å²) in [6, 6.07) is 4.67. The predicted molar refractivity (Wildman–Crippen MR) is 98.6 cm³/mol. The van der Waals surface area contributed by atoms with Crippen molar-refractivity contribution in [3.8, 4) is 0 Å². The number of halogens is 3. The molecule has 1 saturated heterocycles. The summed E-state index contributed by atoms with van der Waals surface area (Å²) in [5.41, 5.74) is 0.768. The highest BCUT2D eigenvalue weighted by Gasteiger charge is 2.29. The van der Waals surface area contributed by atoms with Gasteiger partial charge in [-0.15, -0.1) is 24.0 Å². The van der Waals surface area contributed by atoms with Gasteiger partial charge in [0.15, 0.2) is 5.96 Å². The summed E-state index contributed by atoms with van der Waals surface area (Å²) in [4.78, 5) is 4.17. The van der Waals surface area contributed by atoms with E-state index >= 15 is 0 Å². The number of guanidine groups is 1. The van der Waals surface area contributed by atoms with Gasteiger partial charge in [0, 0.05) is 26.7 Å². The van der Waals surface area contributed by atoms with Crippen molar-refractivity contribution in [1.82, 2.24) is 10.6 Å². The van der Waals surface area contributed by atoms with Gasteiger partial charge in [0.2, 0.25) is 0 Å². The van der Waals surface area contributed by atoms with Crippen LogP contribution in [0.4, 0.5) is 4.39 Å². The lowest BCUT2D eigenvalue weighted by Gasteiger charge is -2.24. The molecule has 0 amide bonds. The van der Waals surface area contributed by atoms with Crippen LogP contribution in [0.1, 0.15) is 25.3 Å². The lowest BCUT2D eigenvalue weighted by molar-refractivity contribution is 0.0243. The lowest BCUT2D eigenvalue weighted by atomic mass is 10.0. The van der Waals surface area contributed by atoms with Gasteiger partial charge in [-0.2, -0.15) is 0 Å². The van der Waals surface area contributed by atoms with Crippen molar-refractivity contribution in [3.63, 3.8) is 0 Å². The van der Waals surface area contributed by atoms with Crippen LogP contribution < -0.4 is 10.6 Å². The van der Waals surface area contributed by atoms with E-state index in [-0.39, 0.29) is 34.6 Å². The second-order valence-electron chi connectivity index (χ2n) is 5.43. The number of hydrogen-bond donors (Lipinski definition) is 2. The summed E-state index contributed by atoms with van der Waals surface area (Å²) in [7, 11) is 1.71. The van der Waals surface area contributed by atoms with E-state index in [0.717, 1.165) is 25.0 Å². The lowest BCUT2D eigenvalue weighted by Crippen LogP contribution is -2.45. The smallest absolute Gasteiger partial charge is 0.191 e. The highest BCUT2D eigenvalue weighted by molar-refractivity contribution is 14.0. The van der Waals surface area contributed by atoms with Gasteiger partial charge in [-0.05, 0) is 37.5 Å². The van der Waals surface area contributed by atoms with Gasteiger partial charge in [0.05, 0.1) is 10.6 Å². The van der Waals surface area contributed by atoms with Crippen molar-refractivity contribution in [2.75, 3.05) is 20.2 Å². The first-order valence-electron chi connectivity index (χ1n) is 7.05. The maximum absolute atomic E-state index is 13.1. The maximum Gasteiger partial charge on any atom is 0.191 e. The van der Waals surface area contributed by atoms with E-state index in [1.807, 2.05) is 0 Å². The van der Waals surface area contributed by atoms with Crippen molar-refractivity contribution >= 4 is 41.5 Å². The molecule has 1 heterocycles. The van der Waals surface area contributed by atoms with E-state index in [1.165, 1.54) is 6.07 Å². The van der Waals surface area contributed by atoms with Gasteiger partial charge in [-0.3, -0.25) is 4.99 Å². The molecule has 0 spiro atoms. The van der Waals surface area contributed by atoms with Crippen molar-refractivity contribution in [2.45, 2.75) is 31.9 Å². The monoisotopic (exact) mass is 441 g/mol. The molecule has 2 rings (SSSR count). The number of benzene rings is 1. The van der Waals surface area contributed by atoms with Crippen LogP contribution >= 0.6 is 35.6 Å². The number of nitrogens with zero attached hydrogens (tertiary/aromatic N) is 1. The second kappa shape index (κ2) is 8.88. The molecule has 2 N–H and O–H groups in total. The van der Waals surface area contributed by atoms with Crippen LogP contribution in [0.3, 0.4) is 0 Å². The van der Waals surface area contributed by atoms with Crippen LogP contribution in [0.25, 0.3) is 0 Å². The molecule has 1 fully saturated rings. The summed E-state index contributed by atoms with van der Waals surface area (Å²) >= 11 is 5.76. The van der Waals surface area contributed by atoms with Crippen molar-refractivity contribution < 1.29 is 9.13 Å². The Bertz CT molecular complexity index is 522. The molecule has 124 valence electrons. The summed E-state index contributed by atoms with van der Waals surface area (Å²) in [6.07, 6.45) is 2.14. The fourth-order valence-electron chi connectivity index (χ4n) is 2.30. The van der Waals surface area contributed by atoms with E-state index in [0.29, 0.717) is 19.0 Å². The molecule has 7 heteroatoms. The molecular weight excluding hydrogens is 420 g/mol. The molecule has 1 atom stereocenters. The molecule has 0 saturated carbocycles. The molecule has 0 bridgehead atoms. The first-order chi connectivity index (χ1) is 10.0. The van der Waals surface area contributed by atoms with Crippen LogP contribution in [0.2, 0.25) is 5.02 Å². The minimum atomic E-state index is -0.408. The van der Waals surface area contributed by atoms with Gasteiger partial charge in [-0.25, -0.2) is 4.39 Å². The van der Waals surface area contributed by atoms with E-state index in [1.54, 1.807) is 19.2 Å². The quantitative estimate of drug-likeness (QED) is 0.428. The summed E-state index contributed by atoms with van der Waals surface area (Å²) in [6.45, 7) is 4.15. The molecule has 4 nitrogen and oxygen atoms in total. The topological polar surface area (TPSA) is 45.7 Å². The van der Waals surface area contributed by atoms with E-state index in [9.17, 15) is 4.39 Å². The zero-order valence-corrected chi connectivity index (χ0v) is 15.9. The molecule has 1 aliphatic heterocycles. The first-order valence-corrected chi connectivity index (χ1v) is 7.43. The van der Waals surface area contributed by atoms with Crippen LogP contribution in [-0.4, -0.2) is 31.8 Å². The van der Waals surface area contributed by atoms with Crippen molar-refractivity contribution in [1.29, 1.82) is 0 Å². The largest absolute Gasteiger partial charge is 0.373 e. The molecule has 1 unspecified atom stereocenters. The van der Waals surface area contributed by atoms with Gasteiger partial charge >= 0.3 is 0 Å². The Morgan fingerprint density at radius 2 is 2.23 bits per heavy atom. The molecule has 0 aromatic heterocycles. The second-order valence-corrected chi connectivity index (χ2v) is 5.84. The summed E-state index contributed by atoms with van der Waals surface area (Å²) < 4.78 is 18.8. The Labute approximate surface area is 152 Å². The van der Waals surface area contributed by atoms with Crippen LogP contribution in [-0.2, 0) is 11.3 Å². The third-order valence-corrected chi connectivity index (χ3v) is 3.89. The number of ether oxygens (including phenoxy) is 1. The average molecular weight is 442 g/mol. The van der Waals surface area contributed by atoms with Gasteiger partial charge in [0.25, 0.3) is 0 Å². The fourth-order valence-corrected chi connectivity index (χ4v) is 2.51. The summed E-state index contributed by atoms with van der Waals surface area (Å²) in [5.74, 6) is 0.279. The molecule has 1 aromatic rings. The Morgan fingerprint density at radius 1 is 1.45 bits per heavy atom. The normalized spacial score (nSPS) is 21.4. The Hall–Kier alpha value is -0.600. The molecule has 22 heavy (non-hydrogen) atoms. The van der Waals surface area contributed by atoms with Crippen LogP contribution in [0.5, 0.6) is 0 Å². The average Bonchev–Trinajstić information content (AvgIpc) is 2.90. The highest BCUT2D eigenvalue weighted by atomic mass is 127. The SMILES string of the molecule is CN=C(NCc1ccc(F)c(Cl)c1)NCC1(C)CCCO1.I. The minimum Gasteiger partial charge on any atom is -0.373 e. The standard InChI is InChI=1S/C15H21ClFN3O.HI/c1-15(6-3-7-21-15)10-20-14(18-2)19-9-11-4-5-13(17)12(16)8-11;/h4-5,8H,3,6-7,9-10H2,1-2H3,(H2,18,19,20);1H. The van der Waals surface area contributed by atoms with Gasteiger partial charge in [-0.1, -0.05) is 17.7 Å². The third-order valence-electron chi connectivity index (χ3n) is 3.60. The van der Waals surface area contributed by atoms with Gasteiger partial charge < -0.3 is 15.4 Å². The molecule has 1 aromatic carbocycles. The maximum atomic E-state index is 13.1. The Kier molecular flexibility index (Phi) is 7.85. The number of rotatable bonds is 4. The number of hydrogen-bond acceptors (Lipinski definition) is 2. The zero-order chi connectivity index (χ0) is 15.3. The van der Waals surface area contributed by atoms with E-state index < -0.39 is 5.82 Å². The van der Waals surface area contributed by atoms with Crippen molar-refractivity contribution in [2.24, 2.45) is 4.99 Å². The van der Waals surface area contributed by atoms with E-state index in [2.05, 4.69) is 22.5 Å². The molecule has 0 radical (unpaired) electrons. The van der Waals surface area contributed by atoms with Crippen molar-refractivity contribution in [3.05, 3.63) is 34.6 Å². The minimum absolute atomic E-state index is 0. The predicted octanol–water partition coefficient (Wildman–Crippen LogP) is 3.33. The summed E-state index contributed by atoms with van der Waals surface area (Å²) in [5, 5.41) is 6.56.